The van der Waals surface area contributed by atoms with Crippen LogP contribution in [0.5, 0.6) is 5.75 Å². The third kappa shape index (κ3) is 4.38. The Morgan fingerprint density at radius 3 is 2.54 bits per heavy atom. The van der Waals surface area contributed by atoms with Crippen LogP contribution in [0, 0.1) is 5.92 Å². The quantitative estimate of drug-likeness (QED) is 0.508. The van der Waals surface area contributed by atoms with Crippen LogP contribution in [0.4, 0.5) is 5.69 Å². The number of nitrogens with zero attached hydrogens (tertiary/aromatic N) is 3. The van der Waals surface area contributed by atoms with Crippen LogP contribution in [0.2, 0.25) is 0 Å². The SMILES string of the molecule is C=CCC(CCN1C(=O)CC(C)C1=O)N1CCN(c2ccccc2OC)CC1. The Bertz CT molecular complexity index is 713. The lowest BCUT2D eigenvalue weighted by atomic mass is 10.1. The lowest BCUT2D eigenvalue weighted by Crippen LogP contribution is -2.51. The van der Waals surface area contributed by atoms with E-state index in [1.165, 1.54) is 4.90 Å². The molecule has 2 unspecified atom stereocenters. The van der Waals surface area contributed by atoms with Crippen LogP contribution >= 0.6 is 0 Å². The first-order valence-corrected chi connectivity index (χ1v) is 10.1. The lowest BCUT2D eigenvalue weighted by molar-refractivity contribution is -0.139. The van der Waals surface area contributed by atoms with Crippen molar-refractivity contribution in [2.24, 2.45) is 5.92 Å². The maximum atomic E-state index is 12.2. The average molecular weight is 386 g/mol. The molecule has 152 valence electrons. The Morgan fingerprint density at radius 1 is 1.21 bits per heavy atom. The summed E-state index contributed by atoms with van der Waals surface area (Å²) in [6, 6.07) is 8.42. The van der Waals surface area contributed by atoms with E-state index in [-0.39, 0.29) is 17.7 Å². The van der Waals surface area contributed by atoms with Crippen molar-refractivity contribution in [2.75, 3.05) is 44.7 Å². The largest absolute Gasteiger partial charge is 0.495 e. The number of carbonyl (C=O) groups excluding carboxylic acids is 2. The maximum Gasteiger partial charge on any atom is 0.232 e. The fourth-order valence-electron chi connectivity index (χ4n) is 4.22. The van der Waals surface area contributed by atoms with Gasteiger partial charge in [0.2, 0.25) is 11.8 Å². The molecule has 2 aliphatic heterocycles. The molecule has 0 aliphatic carbocycles. The minimum Gasteiger partial charge on any atom is -0.495 e. The van der Waals surface area contributed by atoms with Crippen molar-refractivity contribution in [3.8, 4) is 5.75 Å². The molecule has 2 saturated heterocycles. The Labute approximate surface area is 167 Å². The average Bonchev–Trinajstić information content (AvgIpc) is 2.96. The molecule has 28 heavy (non-hydrogen) atoms. The van der Waals surface area contributed by atoms with Crippen LogP contribution in [-0.2, 0) is 9.59 Å². The first-order valence-electron chi connectivity index (χ1n) is 10.1. The summed E-state index contributed by atoms with van der Waals surface area (Å²) in [6.45, 7) is 9.97. The van der Waals surface area contributed by atoms with E-state index in [1.807, 2.05) is 31.2 Å². The van der Waals surface area contributed by atoms with E-state index in [2.05, 4.69) is 22.4 Å². The molecule has 2 aliphatic rings. The van der Waals surface area contributed by atoms with Gasteiger partial charge in [0, 0.05) is 51.1 Å². The van der Waals surface area contributed by atoms with E-state index in [9.17, 15) is 9.59 Å². The monoisotopic (exact) mass is 385 g/mol. The van der Waals surface area contributed by atoms with Crippen molar-refractivity contribution < 1.29 is 14.3 Å². The van der Waals surface area contributed by atoms with Crippen molar-refractivity contribution in [3.05, 3.63) is 36.9 Å². The van der Waals surface area contributed by atoms with Gasteiger partial charge in [-0.15, -0.1) is 6.58 Å². The van der Waals surface area contributed by atoms with Crippen molar-refractivity contribution in [1.29, 1.82) is 0 Å². The number of likely N-dealkylation sites (tertiary alicyclic amines) is 1. The summed E-state index contributed by atoms with van der Waals surface area (Å²) in [7, 11) is 1.71. The lowest BCUT2D eigenvalue weighted by Gasteiger charge is -2.40. The molecule has 0 radical (unpaired) electrons. The highest BCUT2D eigenvalue weighted by Crippen LogP contribution is 2.29. The molecule has 0 spiro atoms. The fraction of sp³-hybridized carbons (Fsp3) is 0.545. The van der Waals surface area contributed by atoms with Crippen LogP contribution in [0.1, 0.15) is 26.2 Å². The second-order valence-corrected chi connectivity index (χ2v) is 7.65. The zero-order valence-electron chi connectivity index (χ0n) is 17.0. The van der Waals surface area contributed by atoms with Crippen LogP contribution in [0.15, 0.2) is 36.9 Å². The summed E-state index contributed by atoms with van der Waals surface area (Å²) in [6.07, 6.45) is 3.95. The van der Waals surface area contributed by atoms with E-state index in [0.29, 0.717) is 19.0 Å². The maximum absolute atomic E-state index is 12.2. The van der Waals surface area contributed by atoms with E-state index in [4.69, 9.17) is 4.74 Å². The van der Waals surface area contributed by atoms with E-state index < -0.39 is 0 Å². The number of para-hydroxylation sites is 2. The number of methoxy groups -OCH3 is 1. The summed E-state index contributed by atoms with van der Waals surface area (Å²) in [5, 5.41) is 0. The van der Waals surface area contributed by atoms with E-state index >= 15 is 0 Å². The molecule has 6 nitrogen and oxygen atoms in total. The minimum absolute atomic E-state index is 0.0247. The molecule has 1 aromatic rings. The van der Waals surface area contributed by atoms with Gasteiger partial charge in [-0.2, -0.15) is 0 Å². The Morgan fingerprint density at radius 2 is 1.93 bits per heavy atom. The number of ether oxygens (including phenoxy) is 1. The van der Waals surface area contributed by atoms with Gasteiger partial charge < -0.3 is 9.64 Å². The van der Waals surface area contributed by atoms with Gasteiger partial charge in [-0.25, -0.2) is 0 Å². The summed E-state index contributed by atoms with van der Waals surface area (Å²) in [4.78, 5) is 30.5. The van der Waals surface area contributed by atoms with Gasteiger partial charge in [0.15, 0.2) is 0 Å². The highest BCUT2D eigenvalue weighted by Gasteiger charge is 2.36. The zero-order chi connectivity index (χ0) is 20.1. The number of carbonyl (C=O) groups is 2. The number of benzene rings is 1. The molecule has 6 heteroatoms. The molecule has 3 rings (SSSR count). The molecule has 0 aromatic heterocycles. The van der Waals surface area contributed by atoms with Gasteiger partial charge in [0.05, 0.1) is 12.8 Å². The molecule has 2 fully saturated rings. The standard InChI is InChI=1S/C22H31N3O3/c1-4-7-18(10-11-25-21(26)16-17(2)22(25)27)23-12-14-24(15-13-23)19-8-5-6-9-20(19)28-3/h4-6,8-9,17-18H,1,7,10-16H2,2-3H3. The minimum atomic E-state index is -0.172. The Hall–Kier alpha value is -2.34. The van der Waals surface area contributed by atoms with Crippen molar-refractivity contribution in [3.63, 3.8) is 0 Å². The predicted octanol–water partition coefficient (Wildman–Crippen LogP) is 2.55. The number of hydrogen-bond donors (Lipinski definition) is 0. The van der Waals surface area contributed by atoms with Crippen LogP contribution in [0.25, 0.3) is 0 Å². The van der Waals surface area contributed by atoms with Crippen LogP contribution in [0.3, 0.4) is 0 Å². The summed E-state index contributed by atoms with van der Waals surface area (Å²) in [5.41, 5.74) is 1.13. The Kier molecular flexibility index (Phi) is 6.73. The zero-order valence-corrected chi connectivity index (χ0v) is 17.0. The number of amides is 2. The first-order chi connectivity index (χ1) is 13.5. The molecule has 0 bridgehead atoms. The highest BCUT2D eigenvalue weighted by molar-refractivity contribution is 6.03. The second-order valence-electron chi connectivity index (χ2n) is 7.65. The van der Waals surface area contributed by atoms with Gasteiger partial charge in [-0.3, -0.25) is 19.4 Å². The van der Waals surface area contributed by atoms with E-state index in [1.54, 1.807) is 7.11 Å². The van der Waals surface area contributed by atoms with Crippen molar-refractivity contribution >= 4 is 17.5 Å². The molecule has 2 atom stereocenters. The number of imide groups is 1. The first kappa shape index (κ1) is 20.4. The van der Waals surface area contributed by atoms with Crippen LogP contribution < -0.4 is 9.64 Å². The smallest absolute Gasteiger partial charge is 0.232 e. The molecule has 2 amide bonds. The van der Waals surface area contributed by atoms with Crippen molar-refractivity contribution in [1.82, 2.24) is 9.80 Å². The number of piperazine rings is 1. The molecule has 0 saturated carbocycles. The van der Waals surface area contributed by atoms with Gasteiger partial charge in [-0.05, 0) is 25.0 Å². The molecule has 0 N–H and O–H groups in total. The summed E-state index contributed by atoms with van der Waals surface area (Å²) >= 11 is 0. The normalized spacial score (nSPS) is 21.9. The van der Waals surface area contributed by atoms with E-state index in [0.717, 1.165) is 50.5 Å². The third-order valence-corrected chi connectivity index (χ3v) is 5.85. The fourth-order valence-corrected chi connectivity index (χ4v) is 4.22. The van der Waals surface area contributed by atoms with Gasteiger partial charge in [0.25, 0.3) is 0 Å². The van der Waals surface area contributed by atoms with Crippen LogP contribution in [-0.4, -0.2) is 67.5 Å². The van der Waals surface area contributed by atoms with Gasteiger partial charge >= 0.3 is 0 Å². The van der Waals surface area contributed by atoms with Gasteiger partial charge in [-0.1, -0.05) is 25.1 Å². The topological polar surface area (TPSA) is 53.1 Å². The summed E-state index contributed by atoms with van der Waals surface area (Å²) in [5.74, 6) is 0.674. The molecular weight excluding hydrogens is 354 g/mol. The predicted molar refractivity (Wildman–Crippen MR) is 111 cm³/mol. The molecular formula is C22H31N3O3. The second kappa shape index (κ2) is 9.24. The number of rotatable bonds is 8. The molecule has 1 aromatic carbocycles. The van der Waals surface area contributed by atoms with Crippen molar-refractivity contribution in [2.45, 2.75) is 32.2 Å². The molecule has 2 heterocycles. The summed E-state index contributed by atoms with van der Waals surface area (Å²) < 4.78 is 5.50. The third-order valence-electron chi connectivity index (χ3n) is 5.85. The van der Waals surface area contributed by atoms with Gasteiger partial charge in [0.1, 0.15) is 5.75 Å². The highest BCUT2D eigenvalue weighted by atomic mass is 16.5. The number of hydrogen-bond acceptors (Lipinski definition) is 5. The Balaban J connectivity index is 1.58. The number of anilines is 1.